The van der Waals surface area contributed by atoms with Crippen LogP contribution in [0.15, 0.2) is 78.9 Å². The van der Waals surface area contributed by atoms with Crippen LogP contribution in [0.4, 0.5) is 0 Å². The van der Waals surface area contributed by atoms with Crippen molar-refractivity contribution in [3.63, 3.8) is 0 Å². The zero-order chi connectivity index (χ0) is 25.7. The third-order valence-electron chi connectivity index (χ3n) is 6.37. The summed E-state index contributed by atoms with van der Waals surface area (Å²) in [7, 11) is 4.00. The molecular weight excluding hydrogens is 490 g/mol. The lowest BCUT2D eigenvalue weighted by molar-refractivity contribution is -0.136. The van der Waals surface area contributed by atoms with Crippen LogP contribution in [0.25, 0.3) is 0 Å². The Labute approximate surface area is 223 Å². The Morgan fingerprint density at radius 3 is 2.39 bits per heavy atom. The Morgan fingerprint density at radius 2 is 1.69 bits per heavy atom. The molecule has 0 bridgehead atoms. The molecule has 1 saturated heterocycles. The van der Waals surface area contributed by atoms with E-state index in [2.05, 4.69) is 4.90 Å². The van der Waals surface area contributed by atoms with Gasteiger partial charge in [-0.3, -0.25) is 9.59 Å². The van der Waals surface area contributed by atoms with Crippen molar-refractivity contribution in [2.45, 2.75) is 24.9 Å². The van der Waals surface area contributed by atoms with Gasteiger partial charge in [-0.15, -0.1) is 11.8 Å². The molecule has 2 unspecified atom stereocenters. The molecule has 5 nitrogen and oxygen atoms in total. The lowest BCUT2D eigenvalue weighted by Gasteiger charge is -2.33. The normalized spacial score (nSPS) is 17.4. The van der Waals surface area contributed by atoms with Gasteiger partial charge < -0.3 is 14.7 Å². The monoisotopic (exact) mass is 521 g/mol. The minimum absolute atomic E-state index is 0.0281. The second kappa shape index (κ2) is 12.0. The van der Waals surface area contributed by atoms with Crippen molar-refractivity contribution in [2.24, 2.45) is 0 Å². The maximum absolute atomic E-state index is 14.1. The molecule has 0 N–H and O–H groups in total. The molecule has 1 aliphatic heterocycles. The molecule has 36 heavy (non-hydrogen) atoms. The van der Waals surface area contributed by atoms with Crippen LogP contribution >= 0.6 is 23.4 Å². The highest BCUT2D eigenvalue weighted by atomic mass is 35.5. The van der Waals surface area contributed by atoms with Gasteiger partial charge in [0.2, 0.25) is 5.91 Å². The molecule has 4 rings (SSSR count). The van der Waals surface area contributed by atoms with Gasteiger partial charge in [0.1, 0.15) is 11.4 Å². The summed E-state index contributed by atoms with van der Waals surface area (Å²) in [5, 5.41) is 0.319. The first-order valence-corrected chi connectivity index (χ1v) is 13.5. The molecule has 0 spiro atoms. The van der Waals surface area contributed by atoms with Gasteiger partial charge in [0.05, 0.1) is 0 Å². The van der Waals surface area contributed by atoms with Crippen LogP contribution in [0.2, 0.25) is 5.02 Å². The number of carbonyl (C=O) groups is 2. The van der Waals surface area contributed by atoms with E-state index in [1.807, 2.05) is 105 Å². The summed E-state index contributed by atoms with van der Waals surface area (Å²) in [6, 6.07) is 24.6. The van der Waals surface area contributed by atoms with E-state index in [0.29, 0.717) is 29.4 Å². The highest BCUT2D eigenvalue weighted by Gasteiger charge is 2.44. The lowest BCUT2D eigenvalue weighted by atomic mass is 10.0. The number of halogens is 1. The first-order valence-electron chi connectivity index (χ1n) is 12.1. The molecule has 0 radical (unpaired) electrons. The van der Waals surface area contributed by atoms with Gasteiger partial charge in [-0.05, 0) is 55.9 Å². The quantitative estimate of drug-likeness (QED) is 0.393. The van der Waals surface area contributed by atoms with E-state index in [-0.39, 0.29) is 17.2 Å². The Morgan fingerprint density at radius 1 is 0.972 bits per heavy atom. The second-order valence-corrected chi connectivity index (χ2v) is 10.9. The van der Waals surface area contributed by atoms with Crippen LogP contribution in [0.1, 0.15) is 32.4 Å². The van der Waals surface area contributed by atoms with Crippen molar-refractivity contribution < 1.29 is 9.59 Å². The molecule has 0 aliphatic carbocycles. The summed E-state index contributed by atoms with van der Waals surface area (Å²) < 4.78 is 0. The van der Waals surface area contributed by atoms with Crippen molar-refractivity contribution in [1.29, 1.82) is 0 Å². The van der Waals surface area contributed by atoms with Crippen molar-refractivity contribution in [3.05, 3.63) is 106 Å². The van der Waals surface area contributed by atoms with E-state index < -0.39 is 6.04 Å². The molecule has 7 heteroatoms. The third kappa shape index (κ3) is 6.12. The molecule has 3 aromatic rings. The number of thioether (sulfide) groups is 1. The average molecular weight is 522 g/mol. The SMILES string of the molecule is Cc1ccccc1C(=O)N1C(C(=O)N(CCN(C)C)Cc2ccccc2)CSC1c1cccc(Cl)c1. The van der Waals surface area contributed by atoms with Crippen LogP contribution in [-0.4, -0.2) is 65.5 Å². The smallest absolute Gasteiger partial charge is 0.256 e. The van der Waals surface area contributed by atoms with Gasteiger partial charge in [0, 0.05) is 36.0 Å². The number of aryl methyl sites for hydroxylation is 1. The molecule has 1 aliphatic rings. The number of amides is 2. The highest BCUT2D eigenvalue weighted by molar-refractivity contribution is 7.99. The summed E-state index contributed by atoms with van der Waals surface area (Å²) in [6.45, 7) is 3.75. The van der Waals surface area contributed by atoms with Crippen molar-refractivity contribution in [2.75, 3.05) is 32.9 Å². The summed E-state index contributed by atoms with van der Waals surface area (Å²) in [6.07, 6.45) is 0. The van der Waals surface area contributed by atoms with Crippen molar-refractivity contribution in [1.82, 2.24) is 14.7 Å². The maximum atomic E-state index is 14.1. The molecular formula is C29H32ClN3O2S. The second-order valence-electron chi connectivity index (χ2n) is 9.33. The summed E-state index contributed by atoms with van der Waals surface area (Å²) in [5.74, 6) is 0.370. The summed E-state index contributed by atoms with van der Waals surface area (Å²) >= 11 is 7.92. The third-order valence-corrected chi connectivity index (χ3v) is 7.93. The molecule has 1 heterocycles. The van der Waals surface area contributed by atoms with Gasteiger partial charge in [-0.25, -0.2) is 0 Å². The predicted molar refractivity (Wildman–Crippen MR) is 148 cm³/mol. The maximum Gasteiger partial charge on any atom is 0.256 e. The number of nitrogens with zero attached hydrogens (tertiary/aromatic N) is 3. The standard InChI is InChI=1S/C29H32ClN3O2S/c1-21-10-7-8-15-25(21)27(34)33-26(20-36-29(33)23-13-9-14-24(30)18-23)28(35)32(17-16-31(2)3)19-22-11-5-4-6-12-22/h4-15,18,26,29H,16-17,19-20H2,1-3H3. The van der Waals surface area contributed by atoms with E-state index in [9.17, 15) is 9.59 Å². The lowest BCUT2D eigenvalue weighted by Crippen LogP contribution is -2.50. The first kappa shape index (κ1) is 26.3. The highest BCUT2D eigenvalue weighted by Crippen LogP contribution is 2.43. The number of carbonyl (C=O) groups excluding carboxylic acids is 2. The van der Waals surface area contributed by atoms with Crippen molar-refractivity contribution in [3.8, 4) is 0 Å². The Bertz CT molecular complexity index is 1200. The Hall–Kier alpha value is -2.80. The zero-order valence-electron chi connectivity index (χ0n) is 20.9. The molecule has 2 atom stereocenters. The topological polar surface area (TPSA) is 43.9 Å². The van der Waals surface area contributed by atoms with Gasteiger partial charge in [0.25, 0.3) is 5.91 Å². The van der Waals surface area contributed by atoms with E-state index in [1.54, 1.807) is 16.7 Å². The molecule has 1 fully saturated rings. The van der Waals surface area contributed by atoms with Gasteiger partial charge >= 0.3 is 0 Å². The number of hydrogen-bond acceptors (Lipinski definition) is 4. The summed E-state index contributed by atoms with van der Waals surface area (Å²) in [5.41, 5.74) is 3.50. The molecule has 188 valence electrons. The Kier molecular flexibility index (Phi) is 8.72. The van der Waals surface area contributed by atoms with E-state index in [0.717, 1.165) is 23.2 Å². The molecule has 3 aromatic carbocycles. The van der Waals surface area contributed by atoms with E-state index in [4.69, 9.17) is 11.6 Å². The van der Waals surface area contributed by atoms with Gasteiger partial charge in [0.15, 0.2) is 0 Å². The van der Waals surface area contributed by atoms with Crippen LogP contribution < -0.4 is 0 Å². The van der Waals surface area contributed by atoms with Crippen LogP contribution in [0.3, 0.4) is 0 Å². The minimum atomic E-state index is -0.572. The molecule has 0 saturated carbocycles. The first-order chi connectivity index (χ1) is 17.3. The Balaban J connectivity index is 1.69. The van der Waals surface area contributed by atoms with Crippen molar-refractivity contribution >= 4 is 35.2 Å². The predicted octanol–water partition coefficient (Wildman–Crippen LogP) is 5.50. The largest absolute Gasteiger partial charge is 0.335 e. The molecule has 2 amide bonds. The molecule has 0 aromatic heterocycles. The summed E-state index contributed by atoms with van der Waals surface area (Å²) in [4.78, 5) is 33.8. The van der Waals surface area contributed by atoms with Crippen LogP contribution in [-0.2, 0) is 11.3 Å². The zero-order valence-corrected chi connectivity index (χ0v) is 22.5. The fourth-order valence-electron chi connectivity index (χ4n) is 4.42. The minimum Gasteiger partial charge on any atom is -0.335 e. The van der Waals surface area contributed by atoms with Gasteiger partial charge in [-0.2, -0.15) is 0 Å². The van der Waals surface area contributed by atoms with Crippen LogP contribution in [0, 0.1) is 6.92 Å². The number of likely N-dealkylation sites (N-methyl/N-ethyl adjacent to an activating group) is 1. The number of rotatable bonds is 8. The number of benzene rings is 3. The van der Waals surface area contributed by atoms with E-state index in [1.165, 1.54) is 0 Å². The van der Waals surface area contributed by atoms with Crippen LogP contribution in [0.5, 0.6) is 0 Å². The fraction of sp³-hybridized carbons (Fsp3) is 0.310. The fourth-order valence-corrected chi connectivity index (χ4v) is 6.02. The van der Waals surface area contributed by atoms with Gasteiger partial charge in [-0.1, -0.05) is 72.3 Å². The van der Waals surface area contributed by atoms with E-state index >= 15 is 0 Å². The number of hydrogen-bond donors (Lipinski definition) is 0. The average Bonchev–Trinajstić information content (AvgIpc) is 3.32.